The van der Waals surface area contributed by atoms with Crippen molar-refractivity contribution < 1.29 is 28.2 Å². The van der Waals surface area contributed by atoms with Gasteiger partial charge >= 0.3 is 12.1 Å². The van der Waals surface area contributed by atoms with Crippen LogP contribution in [-0.2, 0) is 9.53 Å². The van der Waals surface area contributed by atoms with E-state index in [1.54, 1.807) is 66.9 Å². The molecule has 4 aromatic rings. The van der Waals surface area contributed by atoms with E-state index in [0.717, 1.165) is 12.1 Å². The number of benzene rings is 1. The second-order valence-electron chi connectivity index (χ2n) is 10.7. The Morgan fingerprint density at radius 2 is 1.75 bits per heavy atom. The van der Waals surface area contributed by atoms with Crippen LogP contribution in [-0.4, -0.2) is 72.4 Å². The predicted octanol–water partition coefficient (Wildman–Crippen LogP) is 4.66. The van der Waals surface area contributed by atoms with Gasteiger partial charge in [-0.15, -0.1) is 0 Å². The third kappa shape index (κ3) is 4.92. The van der Waals surface area contributed by atoms with Gasteiger partial charge in [0.25, 0.3) is 0 Å². The summed E-state index contributed by atoms with van der Waals surface area (Å²) in [6.45, 7) is 6.96. The van der Waals surface area contributed by atoms with Gasteiger partial charge in [-0.25, -0.2) is 28.3 Å². The number of pyridine rings is 2. The van der Waals surface area contributed by atoms with Gasteiger partial charge in [0.1, 0.15) is 34.4 Å². The van der Waals surface area contributed by atoms with E-state index in [1.165, 1.54) is 17.9 Å². The van der Waals surface area contributed by atoms with E-state index in [1.807, 2.05) is 0 Å². The van der Waals surface area contributed by atoms with E-state index in [-0.39, 0.29) is 24.5 Å². The summed E-state index contributed by atoms with van der Waals surface area (Å²) >= 11 is 0. The SMILES string of the molecule is CC(C)(C)OC(=O)N1CCN(c2ccc3nc(-c4ccc(F)cc4F)n(-c4ccncc4)c3n2)C[C@]1(C)C(=O)O. The van der Waals surface area contributed by atoms with Gasteiger partial charge in [0.15, 0.2) is 11.2 Å². The van der Waals surface area contributed by atoms with Crippen LogP contribution in [0.4, 0.5) is 19.4 Å². The van der Waals surface area contributed by atoms with E-state index < -0.39 is 34.8 Å². The molecule has 10 nitrogen and oxygen atoms in total. The summed E-state index contributed by atoms with van der Waals surface area (Å²) < 4.78 is 35.6. The maximum Gasteiger partial charge on any atom is 0.411 e. The van der Waals surface area contributed by atoms with Crippen LogP contribution in [0.5, 0.6) is 0 Å². The van der Waals surface area contributed by atoms with Crippen LogP contribution in [0.25, 0.3) is 28.2 Å². The Hall–Kier alpha value is -4.61. The van der Waals surface area contributed by atoms with Crippen molar-refractivity contribution in [2.45, 2.75) is 38.8 Å². The van der Waals surface area contributed by atoms with Crippen LogP contribution >= 0.6 is 0 Å². The van der Waals surface area contributed by atoms with Gasteiger partial charge in [-0.2, -0.15) is 0 Å². The van der Waals surface area contributed by atoms with Crippen molar-refractivity contribution in [2.75, 3.05) is 24.5 Å². The van der Waals surface area contributed by atoms with Gasteiger partial charge < -0.3 is 14.7 Å². The molecule has 0 saturated carbocycles. The monoisotopic (exact) mass is 550 g/mol. The van der Waals surface area contributed by atoms with Crippen LogP contribution in [0, 0.1) is 11.6 Å². The second kappa shape index (κ2) is 9.85. The van der Waals surface area contributed by atoms with Crippen LogP contribution in [0.15, 0.2) is 54.9 Å². The molecule has 0 bridgehead atoms. The van der Waals surface area contributed by atoms with E-state index in [2.05, 4.69) is 9.97 Å². The zero-order valence-corrected chi connectivity index (χ0v) is 22.4. The predicted molar refractivity (Wildman–Crippen MR) is 143 cm³/mol. The summed E-state index contributed by atoms with van der Waals surface area (Å²) in [5.41, 5.74) is -0.854. The highest BCUT2D eigenvalue weighted by molar-refractivity contribution is 5.86. The van der Waals surface area contributed by atoms with E-state index in [4.69, 9.17) is 9.72 Å². The smallest absolute Gasteiger partial charge is 0.411 e. The summed E-state index contributed by atoms with van der Waals surface area (Å²) in [7, 11) is 0. The number of fused-ring (bicyclic) bond motifs is 1. The number of hydrogen-bond donors (Lipinski definition) is 1. The maximum absolute atomic E-state index is 14.9. The Bertz CT molecular complexity index is 1600. The van der Waals surface area contributed by atoms with Crippen molar-refractivity contribution in [3.8, 4) is 17.1 Å². The van der Waals surface area contributed by atoms with Crippen molar-refractivity contribution in [3.05, 3.63) is 66.5 Å². The minimum atomic E-state index is -1.59. The molecule has 1 fully saturated rings. The van der Waals surface area contributed by atoms with Gasteiger partial charge in [-0.3, -0.25) is 14.5 Å². The van der Waals surface area contributed by atoms with Crippen molar-refractivity contribution in [3.63, 3.8) is 0 Å². The van der Waals surface area contributed by atoms with E-state index in [9.17, 15) is 23.5 Å². The Kier molecular flexibility index (Phi) is 6.64. The number of carboxylic acids is 1. The number of rotatable bonds is 4. The summed E-state index contributed by atoms with van der Waals surface area (Å²) in [5, 5.41) is 10.1. The lowest BCUT2D eigenvalue weighted by Crippen LogP contribution is -2.66. The number of imidazole rings is 1. The number of nitrogens with zero attached hydrogens (tertiary/aromatic N) is 6. The van der Waals surface area contributed by atoms with Gasteiger partial charge in [-0.05, 0) is 64.1 Å². The molecule has 1 amide bonds. The van der Waals surface area contributed by atoms with Gasteiger partial charge in [0.2, 0.25) is 0 Å². The first-order valence-corrected chi connectivity index (χ1v) is 12.6. The van der Waals surface area contributed by atoms with Crippen molar-refractivity contribution in [1.29, 1.82) is 0 Å². The highest BCUT2D eigenvalue weighted by Gasteiger charge is 2.48. The number of aromatic nitrogens is 4. The molecular formula is C28H28F2N6O4. The first kappa shape index (κ1) is 27.0. The molecular weight excluding hydrogens is 522 g/mol. The van der Waals surface area contributed by atoms with Crippen molar-refractivity contribution in [2.24, 2.45) is 0 Å². The lowest BCUT2D eigenvalue weighted by atomic mass is 9.96. The molecule has 1 aliphatic heterocycles. The van der Waals surface area contributed by atoms with Crippen LogP contribution in [0.3, 0.4) is 0 Å². The lowest BCUT2D eigenvalue weighted by Gasteiger charge is -2.46. The molecule has 0 radical (unpaired) electrons. The fraction of sp³-hybridized carbons (Fsp3) is 0.321. The molecule has 1 aliphatic rings. The van der Waals surface area contributed by atoms with Crippen LogP contribution in [0.1, 0.15) is 27.7 Å². The summed E-state index contributed by atoms with van der Waals surface area (Å²) in [6, 6.07) is 10.1. The molecule has 3 aromatic heterocycles. The fourth-order valence-electron chi connectivity index (χ4n) is 4.70. The quantitative estimate of drug-likeness (QED) is 0.390. The van der Waals surface area contributed by atoms with Crippen LogP contribution < -0.4 is 4.90 Å². The summed E-state index contributed by atoms with van der Waals surface area (Å²) in [6.07, 6.45) is 2.44. The fourth-order valence-corrected chi connectivity index (χ4v) is 4.70. The normalized spacial score (nSPS) is 17.8. The standard InChI is InChI=1S/C28H28F2N6O4/c1-27(2,3)40-26(39)35-14-13-34(16-28(35,4)25(37)38)22-8-7-21-24(33-22)36(18-9-11-31-12-10-18)23(32-21)19-6-5-17(29)15-20(19)30/h5-12,15H,13-14,16H2,1-4H3,(H,37,38)/t28-/m1/s1. The number of ether oxygens (including phenoxy) is 1. The first-order chi connectivity index (χ1) is 18.9. The number of carbonyl (C=O) groups excluding carboxylic acids is 1. The van der Waals surface area contributed by atoms with E-state index in [0.29, 0.717) is 29.2 Å². The number of piperazine rings is 1. The van der Waals surface area contributed by atoms with Gasteiger partial charge in [-0.1, -0.05) is 0 Å². The zero-order valence-electron chi connectivity index (χ0n) is 22.4. The molecule has 40 heavy (non-hydrogen) atoms. The molecule has 12 heteroatoms. The van der Waals surface area contributed by atoms with Gasteiger partial charge in [0, 0.05) is 31.5 Å². The number of aliphatic carboxylic acids is 1. The molecule has 0 unspecified atom stereocenters. The molecule has 1 aromatic carbocycles. The van der Waals surface area contributed by atoms with Crippen molar-refractivity contribution in [1.82, 2.24) is 24.4 Å². The molecule has 1 N–H and O–H groups in total. The molecule has 1 saturated heterocycles. The number of halogens is 2. The third-order valence-corrected chi connectivity index (χ3v) is 6.67. The molecule has 4 heterocycles. The summed E-state index contributed by atoms with van der Waals surface area (Å²) in [4.78, 5) is 41.8. The minimum absolute atomic E-state index is 0.0527. The van der Waals surface area contributed by atoms with E-state index >= 15 is 0 Å². The number of hydrogen-bond acceptors (Lipinski definition) is 7. The Morgan fingerprint density at radius 1 is 1.02 bits per heavy atom. The average Bonchev–Trinajstić information content (AvgIpc) is 3.26. The number of carbonyl (C=O) groups is 2. The lowest BCUT2D eigenvalue weighted by molar-refractivity contribution is -0.150. The first-order valence-electron chi connectivity index (χ1n) is 12.6. The Labute approximate surface area is 228 Å². The molecule has 0 aliphatic carbocycles. The average molecular weight is 551 g/mol. The maximum atomic E-state index is 14.9. The van der Waals surface area contributed by atoms with Crippen LogP contribution in [0.2, 0.25) is 0 Å². The minimum Gasteiger partial charge on any atom is -0.479 e. The number of amides is 1. The molecule has 5 rings (SSSR count). The Morgan fingerprint density at radius 3 is 2.40 bits per heavy atom. The number of carboxylic acid groups (broad SMARTS) is 1. The molecule has 208 valence electrons. The Balaban J connectivity index is 1.58. The highest BCUT2D eigenvalue weighted by atomic mass is 19.1. The third-order valence-electron chi connectivity index (χ3n) is 6.67. The topological polar surface area (TPSA) is 114 Å². The summed E-state index contributed by atoms with van der Waals surface area (Å²) in [5.74, 6) is -2.00. The highest BCUT2D eigenvalue weighted by Crippen LogP contribution is 2.32. The van der Waals surface area contributed by atoms with Crippen molar-refractivity contribution >= 4 is 29.0 Å². The number of anilines is 1. The molecule has 1 atom stereocenters. The van der Waals surface area contributed by atoms with Gasteiger partial charge in [0.05, 0.1) is 17.8 Å². The second-order valence-corrected chi connectivity index (χ2v) is 10.7. The zero-order chi connectivity index (χ0) is 28.8. The molecule has 0 spiro atoms. The largest absolute Gasteiger partial charge is 0.479 e.